The summed E-state index contributed by atoms with van der Waals surface area (Å²) in [7, 11) is 2.13. The lowest BCUT2D eigenvalue weighted by Gasteiger charge is -2.46. The molecule has 0 aromatic carbocycles. The van der Waals surface area contributed by atoms with Crippen LogP contribution in [0.3, 0.4) is 0 Å². The number of hydrogen-bond acceptors (Lipinski definition) is 1. The highest BCUT2D eigenvalue weighted by atomic mass is 15.0. The quantitative estimate of drug-likeness (QED) is 0.656. The first-order valence-electron chi connectivity index (χ1n) is 5.56. The van der Waals surface area contributed by atoms with E-state index in [1.165, 1.54) is 19.3 Å². The molecule has 1 nitrogen and oxygen atoms in total. The average molecular weight is 181 g/mol. The largest absolute Gasteiger partial charge is 0.314 e. The van der Waals surface area contributed by atoms with Crippen molar-refractivity contribution in [1.29, 1.82) is 0 Å². The van der Waals surface area contributed by atoms with Crippen LogP contribution in [0.4, 0.5) is 0 Å². The van der Waals surface area contributed by atoms with Gasteiger partial charge in [-0.15, -0.1) is 0 Å². The number of nitrogens with one attached hydrogen (secondary N) is 1. The maximum Gasteiger partial charge on any atom is 0.0211 e. The Hall–Kier alpha value is -0.0400. The Morgan fingerprint density at radius 1 is 1.15 bits per heavy atom. The van der Waals surface area contributed by atoms with Crippen LogP contribution in [-0.4, -0.2) is 12.6 Å². The Labute approximate surface area is 82.3 Å². The summed E-state index contributed by atoms with van der Waals surface area (Å²) in [5.41, 5.74) is 1.41. The van der Waals surface area contributed by atoms with E-state index in [1.54, 1.807) is 0 Å². The van der Waals surface area contributed by atoms with E-state index in [9.17, 15) is 0 Å². The fraction of sp³-hybridized carbons (Fsp3) is 1.00. The number of fused-ring (bicyclic) bond motifs is 2. The molecule has 2 bridgehead atoms. The summed E-state index contributed by atoms with van der Waals surface area (Å²) in [5, 5.41) is 3.57. The highest BCUT2D eigenvalue weighted by Gasteiger charge is 2.66. The fourth-order valence-corrected chi connectivity index (χ4v) is 4.04. The van der Waals surface area contributed by atoms with Gasteiger partial charge in [0.05, 0.1) is 0 Å². The van der Waals surface area contributed by atoms with E-state index in [0.717, 1.165) is 5.92 Å². The van der Waals surface area contributed by atoms with Crippen LogP contribution < -0.4 is 5.32 Å². The zero-order valence-corrected chi connectivity index (χ0v) is 9.70. The molecule has 0 saturated heterocycles. The number of rotatable bonds is 1. The SMILES string of the molecule is CNC1(C)CC2CCC1(C)C2(C)C. The monoisotopic (exact) mass is 181 g/mol. The van der Waals surface area contributed by atoms with Crippen LogP contribution in [0, 0.1) is 16.7 Å². The first-order valence-corrected chi connectivity index (χ1v) is 5.56. The first kappa shape index (κ1) is 9.51. The zero-order valence-electron chi connectivity index (χ0n) is 9.70. The molecule has 2 rings (SSSR count). The second-order valence-electron chi connectivity index (χ2n) is 6.08. The van der Waals surface area contributed by atoms with E-state index in [2.05, 4.69) is 40.1 Å². The molecule has 2 fully saturated rings. The minimum Gasteiger partial charge on any atom is -0.314 e. The van der Waals surface area contributed by atoms with Gasteiger partial charge in [0.1, 0.15) is 0 Å². The molecule has 2 saturated carbocycles. The molecule has 1 N–H and O–H groups in total. The van der Waals surface area contributed by atoms with Crippen molar-refractivity contribution >= 4 is 0 Å². The van der Waals surface area contributed by atoms with Crippen LogP contribution in [0.5, 0.6) is 0 Å². The molecule has 0 heterocycles. The Balaban J connectivity index is 2.44. The van der Waals surface area contributed by atoms with Gasteiger partial charge in [0.15, 0.2) is 0 Å². The summed E-state index contributed by atoms with van der Waals surface area (Å²) in [4.78, 5) is 0. The zero-order chi connectivity index (χ0) is 9.91. The molecule has 2 aliphatic carbocycles. The summed E-state index contributed by atoms with van der Waals surface area (Å²) >= 11 is 0. The second-order valence-corrected chi connectivity index (χ2v) is 6.08. The summed E-state index contributed by atoms with van der Waals surface area (Å²) < 4.78 is 0. The minimum absolute atomic E-state index is 0.374. The van der Waals surface area contributed by atoms with Crippen molar-refractivity contribution in [3.8, 4) is 0 Å². The van der Waals surface area contributed by atoms with Gasteiger partial charge < -0.3 is 5.32 Å². The summed E-state index contributed by atoms with van der Waals surface area (Å²) in [6.07, 6.45) is 4.22. The van der Waals surface area contributed by atoms with E-state index in [4.69, 9.17) is 0 Å². The van der Waals surface area contributed by atoms with E-state index >= 15 is 0 Å². The molecule has 13 heavy (non-hydrogen) atoms. The summed E-state index contributed by atoms with van der Waals surface area (Å²) in [6.45, 7) is 9.82. The van der Waals surface area contributed by atoms with Crippen LogP contribution >= 0.6 is 0 Å². The highest BCUT2D eigenvalue weighted by molar-refractivity contribution is 5.19. The second kappa shape index (κ2) is 2.31. The molecular formula is C12H23N. The van der Waals surface area contributed by atoms with E-state index < -0.39 is 0 Å². The Kier molecular flexibility index (Phi) is 1.69. The average Bonchev–Trinajstić information content (AvgIpc) is 2.36. The lowest BCUT2D eigenvalue weighted by atomic mass is 9.63. The van der Waals surface area contributed by atoms with E-state index in [-0.39, 0.29) is 0 Å². The Bertz CT molecular complexity index is 233. The first-order chi connectivity index (χ1) is 5.87. The fourth-order valence-electron chi connectivity index (χ4n) is 4.04. The van der Waals surface area contributed by atoms with Crippen molar-refractivity contribution in [1.82, 2.24) is 5.32 Å². The maximum absolute atomic E-state index is 3.57. The molecule has 0 aromatic rings. The van der Waals surface area contributed by atoms with Gasteiger partial charge in [-0.25, -0.2) is 0 Å². The third-order valence-corrected chi connectivity index (χ3v) is 5.86. The highest BCUT2D eigenvalue weighted by Crippen LogP contribution is 2.69. The molecule has 0 spiro atoms. The Morgan fingerprint density at radius 2 is 1.77 bits per heavy atom. The molecule has 3 unspecified atom stereocenters. The molecule has 0 amide bonds. The topological polar surface area (TPSA) is 12.0 Å². The van der Waals surface area contributed by atoms with Gasteiger partial charge in [-0.05, 0) is 50.0 Å². The van der Waals surface area contributed by atoms with Gasteiger partial charge >= 0.3 is 0 Å². The summed E-state index contributed by atoms with van der Waals surface area (Å²) in [6, 6.07) is 0. The molecule has 2 aliphatic rings. The Morgan fingerprint density at radius 3 is 2.00 bits per heavy atom. The molecule has 1 heteroatoms. The van der Waals surface area contributed by atoms with Crippen molar-refractivity contribution in [2.75, 3.05) is 7.05 Å². The van der Waals surface area contributed by atoms with Crippen molar-refractivity contribution in [2.24, 2.45) is 16.7 Å². The normalized spacial score (nSPS) is 52.8. The summed E-state index contributed by atoms with van der Waals surface area (Å²) in [5.74, 6) is 0.940. The van der Waals surface area contributed by atoms with Crippen molar-refractivity contribution in [3.63, 3.8) is 0 Å². The van der Waals surface area contributed by atoms with Crippen molar-refractivity contribution in [3.05, 3.63) is 0 Å². The van der Waals surface area contributed by atoms with E-state index in [0.29, 0.717) is 16.4 Å². The molecule has 76 valence electrons. The predicted octanol–water partition coefficient (Wildman–Crippen LogP) is 2.81. The standard InChI is InChI=1S/C12H23N/c1-10(2)9-6-7-11(10,3)12(4,8-9)13-5/h9,13H,6-8H2,1-5H3. The van der Waals surface area contributed by atoms with Crippen LogP contribution in [-0.2, 0) is 0 Å². The maximum atomic E-state index is 3.57. The minimum atomic E-state index is 0.374. The van der Waals surface area contributed by atoms with Crippen LogP contribution in [0.15, 0.2) is 0 Å². The lowest BCUT2D eigenvalue weighted by molar-refractivity contribution is 0.0696. The van der Waals surface area contributed by atoms with Crippen LogP contribution in [0.25, 0.3) is 0 Å². The van der Waals surface area contributed by atoms with E-state index in [1.807, 2.05) is 0 Å². The van der Waals surface area contributed by atoms with Crippen LogP contribution in [0.1, 0.15) is 47.0 Å². The molecule has 0 radical (unpaired) electrons. The van der Waals surface area contributed by atoms with Crippen molar-refractivity contribution < 1.29 is 0 Å². The predicted molar refractivity (Wildman–Crippen MR) is 56.7 cm³/mol. The lowest BCUT2D eigenvalue weighted by Crippen LogP contribution is -2.53. The number of hydrogen-bond donors (Lipinski definition) is 1. The van der Waals surface area contributed by atoms with Crippen molar-refractivity contribution in [2.45, 2.75) is 52.5 Å². The van der Waals surface area contributed by atoms with Crippen LogP contribution in [0.2, 0.25) is 0 Å². The smallest absolute Gasteiger partial charge is 0.0211 e. The van der Waals surface area contributed by atoms with Gasteiger partial charge in [0, 0.05) is 5.54 Å². The molecular weight excluding hydrogens is 158 g/mol. The molecule has 0 aliphatic heterocycles. The molecule has 0 aromatic heterocycles. The van der Waals surface area contributed by atoms with Gasteiger partial charge in [-0.2, -0.15) is 0 Å². The van der Waals surface area contributed by atoms with Gasteiger partial charge in [0.25, 0.3) is 0 Å². The molecule has 3 atom stereocenters. The third kappa shape index (κ3) is 0.823. The van der Waals surface area contributed by atoms with Gasteiger partial charge in [-0.1, -0.05) is 20.8 Å². The van der Waals surface area contributed by atoms with Gasteiger partial charge in [0.2, 0.25) is 0 Å². The third-order valence-electron chi connectivity index (χ3n) is 5.86. The van der Waals surface area contributed by atoms with Gasteiger partial charge in [-0.3, -0.25) is 0 Å².